The minimum Gasteiger partial charge on any atom is -0.504 e. The van der Waals surface area contributed by atoms with Gasteiger partial charge in [0.2, 0.25) is 0 Å². The second-order valence-electron chi connectivity index (χ2n) is 4.56. The molecule has 3 heteroatoms. The maximum atomic E-state index is 9.88. The average molecular weight is 210 g/mol. The van der Waals surface area contributed by atoms with Crippen LogP contribution in [0.1, 0.15) is 45.0 Å². The molecule has 0 radical (unpaired) electrons. The normalized spacial score (nSPS) is 11.3. The van der Waals surface area contributed by atoms with Crippen LogP contribution in [0.3, 0.4) is 0 Å². The Morgan fingerprint density at radius 3 is 2.60 bits per heavy atom. The predicted molar refractivity (Wildman–Crippen MR) is 62.1 cm³/mol. The Kier molecular flexibility index (Phi) is 4.18. The Morgan fingerprint density at radius 1 is 1.40 bits per heavy atom. The first-order valence-electron chi connectivity index (χ1n) is 5.81. The first kappa shape index (κ1) is 12.1. The number of nitrogens with zero attached hydrogens (tertiary/aromatic N) is 2. The highest BCUT2D eigenvalue weighted by molar-refractivity contribution is 5.31. The highest BCUT2D eigenvalue weighted by Gasteiger charge is 2.13. The topological polar surface area (TPSA) is 38.0 Å². The summed E-state index contributed by atoms with van der Waals surface area (Å²) in [6, 6.07) is 0. The third kappa shape index (κ3) is 2.98. The predicted octanol–water partition coefficient (Wildman–Crippen LogP) is 2.90. The lowest BCUT2D eigenvalue weighted by Crippen LogP contribution is -2.03. The Hall–Kier alpha value is -0.990. The lowest BCUT2D eigenvalue weighted by molar-refractivity contribution is 0.456. The van der Waals surface area contributed by atoms with Crippen molar-refractivity contribution < 1.29 is 5.11 Å². The Bertz CT molecular complexity index is 316. The van der Waals surface area contributed by atoms with Crippen molar-refractivity contribution in [1.82, 2.24) is 9.78 Å². The van der Waals surface area contributed by atoms with Gasteiger partial charge < -0.3 is 5.11 Å². The molecule has 3 nitrogen and oxygen atoms in total. The molecule has 0 fully saturated rings. The van der Waals surface area contributed by atoms with Crippen LogP contribution in [0.5, 0.6) is 5.75 Å². The zero-order chi connectivity index (χ0) is 11.4. The van der Waals surface area contributed by atoms with Crippen molar-refractivity contribution in [3.05, 3.63) is 11.4 Å². The summed E-state index contributed by atoms with van der Waals surface area (Å²) in [7, 11) is 0. The van der Waals surface area contributed by atoms with Crippen LogP contribution in [0, 0.1) is 12.8 Å². The van der Waals surface area contributed by atoms with Gasteiger partial charge in [0.25, 0.3) is 0 Å². The summed E-state index contributed by atoms with van der Waals surface area (Å²) in [5.74, 6) is 0.921. The van der Waals surface area contributed by atoms with Gasteiger partial charge in [0, 0.05) is 6.54 Å². The van der Waals surface area contributed by atoms with E-state index in [9.17, 15) is 5.11 Å². The van der Waals surface area contributed by atoms with Crippen LogP contribution in [0.15, 0.2) is 0 Å². The van der Waals surface area contributed by atoms with Crippen molar-refractivity contribution in [3.63, 3.8) is 0 Å². The molecule has 0 saturated heterocycles. The zero-order valence-electron chi connectivity index (χ0n) is 10.2. The van der Waals surface area contributed by atoms with Crippen LogP contribution in [0.2, 0.25) is 0 Å². The smallest absolute Gasteiger partial charge is 0.159 e. The van der Waals surface area contributed by atoms with Gasteiger partial charge in [0.05, 0.1) is 5.69 Å². The molecular formula is C12H22N2O. The summed E-state index contributed by atoms with van der Waals surface area (Å²) in [5.41, 5.74) is 1.75. The van der Waals surface area contributed by atoms with Crippen molar-refractivity contribution in [1.29, 1.82) is 0 Å². The molecule has 0 saturated carbocycles. The van der Waals surface area contributed by atoms with Crippen LogP contribution < -0.4 is 0 Å². The quantitative estimate of drug-likeness (QED) is 0.811. The van der Waals surface area contributed by atoms with Crippen molar-refractivity contribution >= 4 is 0 Å². The van der Waals surface area contributed by atoms with Gasteiger partial charge in [-0.25, -0.2) is 0 Å². The number of aromatic nitrogens is 2. The molecule has 86 valence electrons. The van der Waals surface area contributed by atoms with Gasteiger partial charge >= 0.3 is 0 Å². The van der Waals surface area contributed by atoms with Gasteiger partial charge in [-0.3, -0.25) is 4.68 Å². The van der Waals surface area contributed by atoms with Crippen molar-refractivity contribution in [2.45, 2.75) is 53.5 Å². The first-order chi connectivity index (χ1) is 7.06. The molecule has 15 heavy (non-hydrogen) atoms. The number of hydrogen-bond donors (Lipinski definition) is 1. The lowest BCUT2D eigenvalue weighted by Gasteiger charge is -2.01. The van der Waals surface area contributed by atoms with Gasteiger partial charge in [0.15, 0.2) is 5.75 Å². The molecule has 0 atom stereocenters. The largest absolute Gasteiger partial charge is 0.504 e. The summed E-state index contributed by atoms with van der Waals surface area (Å²) in [5, 5.41) is 14.3. The molecule has 0 aliphatic heterocycles. The fraction of sp³-hybridized carbons (Fsp3) is 0.750. The molecule has 1 N–H and O–H groups in total. The van der Waals surface area contributed by atoms with Crippen molar-refractivity contribution in [2.75, 3.05) is 0 Å². The van der Waals surface area contributed by atoms with E-state index in [-0.39, 0.29) is 0 Å². The van der Waals surface area contributed by atoms with Gasteiger partial charge in [-0.1, -0.05) is 27.2 Å². The molecule has 0 aliphatic carbocycles. The number of aromatic hydroxyl groups is 1. The summed E-state index contributed by atoms with van der Waals surface area (Å²) >= 11 is 0. The lowest BCUT2D eigenvalue weighted by atomic mass is 10.1. The third-order valence-corrected chi connectivity index (χ3v) is 2.57. The standard InChI is InChI=1S/C12H22N2O/c1-5-6-7-14-10(4)12(15)11(13-14)8-9(2)3/h9,15H,5-8H2,1-4H3. The van der Waals surface area contributed by atoms with E-state index in [4.69, 9.17) is 0 Å². The molecule has 0 unspecified atom stereocenters. The molecule has 0 amide bonds. The number of hydrogen-bond acceptors (Lipinski definition) is 2. The second-order valence-corrected chi connectivity index (χ2v) is 4.56. The van der Waals surface area contributed by atoms with Crippen LogP contribution in [-0.2, 0) is 13.0 Å². The Balaban J connectivity index is 2.81. The molecule has 1 aromatic rings. The van der Waals surface area contributed by atoms with E-state index in [1.165, 1.54) is 0 Å². The number of unbranched alkanes of at least 4 members (excludes halogenated alkanes) is 1. The van der Waals surface area contributed by atoms with E-state index in [0.717, 1.165) is 37.2 Å². The maximum Gasteiger partial charge on any atom is 0.159 e. The van der Waals surface area contributed by atoms with Crippen LogP contribution in [-0.4, -0.2) is 14.9 Å². The van der Waals surface area contributed by atoms with E-state index in [0.29, 0.717) is 11.7 Å². The summed E-state index contributed by atoms with van der Waals surface area (Å²) < 4.78 is 1.93. The van der Waals surface area contributed by atoms with Gasteiger partial charge in [-0.2, -0.15) is 5.10 Å². The molecule has 0 aromatic carbocycles. The fourth-order valence-corrected chi connectivity index (χ4v) is 1.65. The zero-order valence-corrected chi connectivity index (χ0v) is 10.2. The highest BCUT2D eigenvalue weighted by Crippen LogP contribution is 2.23. The van der Waals surface area contributed by atoms with Gasteiger partial charge in [0.1, 0.15) is 5.69 Å². The fourth-order valence-electron chi connectivity index (χ4n) is 1.65. The second kappa shape index (κ2) is 5.19. The molecule has 1 heterocycles. The van der Waals surface area contributed by atoms with Crippen molar-refractivity contribution in [3.8, 4) is 5.75 Å². The van der Waals surface area contributed by atoms with E-state index < -0.39 is 0 Å². The van der Waals surface area contributed by atoms with E-state index in [1.807, 2.05) is 11.6 Å². The molecule has 0 spiro atoms. The minimum atomic E-state index is 0.389. The van der Waals surface area contributed by atoms with Gasteiger partial charge in [-0.05, 0) is 25.7 Å². The highest BCUT2D eigenvalue weighted by atomic mass is 16.3. The average Bonchev–Trinajstić information content (AvgIpc) is 2.42. The van der Waals surface area contributed by atoms with Crippen LogP contribution in [0.4, 0.5) is 0 Å². The summed E-state index contributed by atoms with van der Waals surface area (Å²) in [4.78, 5) is 0. The first-order valence-corrected chi connectivity index (χ1v) is 5.81. The van der Waals surface area contributed by atoms with Gasteiger partial charge in [-0.15, -0.1) is 0 Å². The van der Waals surface area contributed by atoms with Crippen molar-refractivity contribution in [2.24, 2.45) is 5.92 Å². The molecule has 1 rings (SSSR count). The molecule has 0 bridgehead atoms. The Morgan fingerprint density at radius 2 is 2.07 bits per heavy atom. The molecule has 0 aliphatic rings. The molecular weight excluding hydrogens is 188 g/mol. The minimum absolute atomic E-state index is 0.389. The Labute approximate surface area is 92.1 Å². The van der Waals surface area contributed by atoms with Crippen LogP contribution >= 0.6 is 0 Å². The maximum absolute atomic E-state index is 9.88. The van der Waals surface area contributed by atoms with Crippen LogP contribution in [0.25, 0.3) is 0 Å². The van der Waals surface area contributed by atoms with E-state index in [1.54, 1.807) is 0 Å². The SMILES string of the molecule is CCCCn1nc(CC(C)C)c(O)c1C. The number of rotatable bonds is 5. The third-order valence-electron chi connectivity index (χ3n) is 2.57. The monoisotopic (exact) mass is 210 g/mol. The van der Waals surface area contributed by atoms with E-state index >= 15 is 0 Å². The summed E-state index contributed by atoms with van der Waals surface area (Å²) in [6.07, 6.45) is 3.12. The molecule has 1 aromatic heterocycles. The summed E-state index contributed by atoms with van der Waals surface area (Å²) in [6.45, 7) is 9.28. The number of aryl methyl sites for hydroxylation is 1. The van der Waals surface area contributed by atoms with E-state index in [2.05, 4.69) is 25.9 Å².